The molecule has 0 spiro atoms. The summed E-state index contributed by atoms with van der Waals surface area (Å²) in [5.41, 5.74) is 7.53. The fourth-order valence-electron chi connectivity index (χ4n) is 3.37. The summed E-state index contributed by atoms with van der Waals surface area (Å²) in [6.07, 6.45) is 3.16. The predicted molar refractivity (Wildman–Crippen MR) is 111 cm³/mol. The van der Waals surface area contributed by atoms with Crippen LogP contribution in [0.1, 0.15) is 28.9 Å². The Morgan fingerprint density at radius 1 is 1.39 bits per heavy atom. The molecular formula is C19H25Cl2N5O2. The van der Waals surface area contributed by atoms with Crippen molar-refractivity contribution in [3.63, 3.8) is 0 Å². The number of piperidine rings is 1. The molecule has 0 bridgehead atoms. The van der Waals surface area contributed by atoms with Crippen LogP contribution in [0.3, 0.4) is 0 Å². The number of nitrogens with one attached hydrogen (secondary N) is 1. The number of likely N-dealkylation sites (tertiary alicyclic amines) is 1. The third-order valence-electron chi connectivity index (χ3n) is 4.82. The summed E-state index contributed by atoms with van der Waals surface area (Å²) in [4.78, 5) is 27.0. The minimum atomic E-state index is -0.197. The van der Waals surface area contributed by atoms with Crippen LogP contribution in [-0.2, 0) is 4.79 Å². The molecule has 1 aliphatic heterocycles. The van der Waals surface area contributed by atoms with Crippen LogP contribution in [0.25, 0.3) is 5.69 Å². The van der Waals surface area contributed by atoms with E-state index in [2.05, 4.69) is 10.4 Å². The van der Waals surface area contributed by atoms with Crippen LogP contribution < -0.4 is 11.1 Å². The highest BCUT2D eigenvalue weighted by atomic mass is 35.5. The summed E-state index contributed by atoms with van der Waals surface area (Å²) in [6.45, 7) is 3.77. The zero-order valence-corrected chi connectivity index (χ0v) is 17.3. The Balaban J connectivity index is 0.00000280. The lowest BCUT2D eigenvalue weighted by molar-refractivity contribution is -0.126. The number of carbonyl (C=O) groups is 2. The summed E-state index contributed by atoms with van der Waals surface area (Å²) in [5, 5.41) is 7.78. The van der Waals surface area contributed by atoms with Crippen LogP contribution in [0.5, 0.6) is 0 Å². The van der Waals surface area contributed by atoms with Crippen molar-refractivity contribution in [3.05, 3.63) is 46.7 Å². The number of aromatic nitrogens is 2. The molecular weight excluding hydrogens is 401 g/mol. The van der Waals surface area contributed by atoms with Gasteiger partial charge in [0.15, 0.2) is 0 Å². The lowest BCUT2D eigenvalue weighted by Gasteiger charge is -2.32. The molecule has 7 nitrogen and oxygen atoms in total. The molecule has 1 aromatic heterocycles. The van der Waals surface area contributed by atoms with E-state index in [-0.39, 0.29) is 30.1 Å². The average Bonchev–Trinajstić information content (AvgIpc) is 3.07. The molecule has 0 radical (unpaired) electrons. The molecule has 0 saturated carbocycles. The number of halogens is 2. The van der Waals surface area contributed by atoms with Crippen molar-refractivity contribution in [1.29, 1.82) is 0 Å². The van der Waals surface area contributed by atoms with Gasteiger partial charge in [0.1, 0.15) is 0 Å². The van der Waals surface area contributed by atoms with Gasteiger partial charge in [0, 0.05) is 31.2 Å². The van der Waals surface area contributed by atoms with Crippen LogP contribution >= 0.6 is 24.0 Å². The van der Waals surface area contributed by atoms with Gasteiger partial charge in [0.2, 0.25) is 5.91 Å². The van der Waals surface area contributed by atoms with Gasteiger partial charge in [-0.3, -0.25) is 9.59 Å². The maximum Gasteiger partial charge on any atom is 0.257 e. The van der Waals surface area contributed by atoms with Gasteiger partial charge in [-0.05, 0) is 38.0 Å². The number of benzene rings is 1. The Morgan fingerprint density at radius 2 is 2.18 bits per heavy atom. The number of carbonyl (C=O) groups excluding carboxylic acids is 2. The van der Waals surface area contributed by atoms with Gasteiger partial charge in [-0.2, -0.15) is 5.10 Å². The Morgan fingerprint density at radius 3 is 2.89 bits per heavy atom. The first-order chi connectivity index (χ1) is 13.0. The van der Waals surface area contributed by atoms with Crippen molar-refractivity contribution >= 4 is 35.8 Å². The molecule has 2 heterocycles. The van der Waals surface area contributed by atoms with E-state index >= 15 is 0 Å². The molecule has 28 heavy (non-hydrogen) atoms. The molecule has 1 atom stereocenters. The monoisotopic (exact) mass is 425 g/mol. The number of hydrogen-bond acceptors (Lipinski definition) is 4. The van der Waals surface area contributed by atoms with Gasteiger partial charge in [-0.15, -0.1) is 12.4 Å². The quantitative estimate of drug-likeness (QED) is 0.767. The van der Waals surface area contributed by atoms with Crippen LogP contribution in [-0.4, -0.2) is 52.7 Å². The van der Waals surface area contributed by atoms with Crippen molar-refractivity contribution in [2.24, 2.45) is 11.7 Å². The molecule has 0 aliphatic carbocycles. The maximum absolute atomic E-state index is 13.0. The molecule has 1 unspecified atom stereocenters. The minimum absolute atomic E-state index is 0. The number of nitrogens with two attached hydrogens (primary N) is 1. The fourth-order valence-corrected chi connectivity index (χ4v) is 3.56. The van der Waals surface area contributed by atoms with Gasteiger partial charge in [-0.25, -0.2) is 4.68 Å². The molecule has 1 aliphatic rings. The summed E-state index contributed by atoms with van der Waals surface area (Å²) in [6, 6.07) is 7.32. The third kappa shape index (κ3) is 4.84. The van der Waals surface area contributed by atoms with Gasteiger partial charge < -0.3 is 16.0 Å². The lowest BCUT2D eigenvalue weighted by atomic mass is 9.96. The lowest BCUT2D eigenvalue weighted by Crippen LogP contribution is -2.46. The van der Waals surface area contributed by atoms with Crippen LogP contribution in [0.4, 0.5) is 0 Å². The molecule has 1 aromatic carbocycles. The highest BCUT2D eigenvalue weighted by molar-refractivity contribution is 6.30. The Labute approximate surface area is 175 Å². The molecule has 1 fully saturated rings. The Kier molecular flexibility index (Phi) is 7.86. The second-order valence-corrected chi connectivity index (χ2v) is 7.14. The molecule has 152 valence electrons. The zero-order chi connectivity index (χ0) is 19.4. The normalized spacial score (nSPS) is 16.4. The van der Waals surface area contributed by atoms with E-state index in [1.165, 1.54) is 0 Å². The summed E-state index contributed by atoms with van der Waals surface area (Å²) in [7, 11) is 0. The SMILES string of the molecule is Cc1c(C(=O)N2CCCC(C(=O)NCCN)C2)cnn1-c1cccc(Cl)c1.Cl. The first kappa shape index (κ1) is 22.2. The smallest absolute Gasteiger partial charge is 0.257 e. The van der Waals surface area contributed by atoms with E-state index in [0.29, 0.717) is 36.8 Å². The zero-order valence-electron chi connectivity index (χ0n) is 15.7. The summed E-state index contributed by atoms with van der Waals surface area (Å²) in [5.74, 6) is -0.334. The second-order valence-electron chi connectivity index (χ2n) is 6.71. The minimum Gasteiger partial charge on any atom is -0.355 e. The first-order valence-electron chi connectivity index (χ1n) is 9.09. The molecule has 2 amide bonds. The Hall–Kier alpha value is -2.09. The van der Waals surface area contributed by atoms with E-state index in [9.17, 15) is 9.59 Å². The van der Waals surface area contributed by atoms with Crippen LogP contribution in [0.15, 0.2) is 30.5 Å². The molecule has 9 heteroatoms. The van der Waals surface area contributed by atoms with Crippen molar-refractivity contribution in [1.82, 2.24) is 20.0 Å². The van der Waals surface area contributed by atoms with Crippen LogP contribution in [0, 0.1) is 12.8 Å². The number of rotatable bonds is 5. The largest absolute Gasteiger partial charge is 0.355 e. The predicted octanol–water partition coefficient (Wildman–Crippen LogP) is 2.18. The fraction of sp³-hybridized carbons (Fsp3) is 0.421. The number of nitrogens with zero attached hydrogens (tertiary/aromatic N) is 3. The highest BCUT2D eigenvalue weighted by Gasteiger charge is 2.30. The number of amides is 2. The van der Waals surface area contributed by atoms with Crippen molar-refractivity contribution < 1.29 is 9.59 Å². The molecule has 2 aromatic rings. The van der Waals surface area contributed by atoms with Crippen molar-refractivity contribution in [2.45, 2.75) is 19.8 Å². The molecule has 1 saturated heterocycles. The van der Waals surface area contributed by atoms with E-state index < -0.39 is 0 Å². The first-order valence-corrected chi connectivity index (χ1v) is 9.46. The van der Waals surface area contributed by atoms with E-state index in [0.717, 1.165) is 24.2 Å². The van der Waals surface area contributed by atoms with Crippen molar-refractivity contribution in [3.8, 4) is 5.69 Å². The average molecular weight is 426 g/mol. The summed E-state index contributed by atoms with van der Waals surface area (Å²) >= 11 is 6.06. The third-order valence-corrected chi connectivity index (χ3v) is 5.05. The van der Waals surface area contributed by atoms with Gasteiger partial charge in [0.05, 0.1) is 29.1 Å². The van der Waals surface area contributed by atoms with Gasteiger partial charge >= 0.3 is 0 Å². The second kappa shape index (κ2) is 9.91. The maximum atomic E-state index is 13.0. The molecule has 3 N–H and O–H groups in total. The number of hydrogen-bond donors (Lipinski definition) is 2. The van der Waals surface area contributed by atoms with Crippen molar-refractivity contribution in [2.75, 3.05) is 26.2 Å². The van der Waals surface area contributed by atoms with E-state index in [4.69, 9.17) is 17.3 Å². The summed E-state index contributed by atoms with van der Waals surface area (Å²) < 4.78 is 1.70. The topological polar surface area (TPSA) is 93.2 Å². The Bertz CT molecular complexity index is 839. The standard InChI is InChI=1S/C19H24ClN5O2.ClH/c1-13-17(11-23-25(13)16-6-2-5-15(20)10-16)19(27)24-9-3-4-14(12-24)18(26)22-8-7-21;/h2,5-6,10-11,14H,3-4,7-9,12,21H2,1H3,(H,22,26);1H. The van der Waals surface area contributed by atoms with E-state index in [1.54, 1.807) is 27.9 Å². The van der Waals surface area contributed by atoms with Crippen LogP contribution in [0.2, 0.25) is 5.02 Å². The highest BCUT2D eigenvalue weighted by Crippen LogP contribution is 2.22. The molecule has 3 rings (SSSR count). The van der Waals surface area contributed by atoms with E-state index in [1.807, 2.05) is 19.1 Å². The van der Waals surface area contributed by atoms with Gasteiger partial charge in [-0.1, -0.05) is 17.7 Å². The van der Waals surface area contributed by atoms with Gasteiger partial charge in [0.25, 0.3) is 5.91 Å².